The first-order chi connectivity index (χ1) is 9.41. The summed E-state index contributed by atoms with van der Waals surface area (Å²) in [5, 5.41) is 0. The molecule has 0 aromatic carbocycles. The molecule has 1 aromatic rings. The van der Waals surface area contributed by atoms with Gasteiger partial charge in [0.1, 0.15) is 10.7 Å². The van der Waals surface area contributed by atoms with Crippen molar-refractivity contribution >= 4 is 15.8 Å². The highest BCUT2D eigenvalue weighted by molar-refractivity contribution is 7.89. The Balaban J connectivity index is 2.25. The van der Waals surface area contributed by atoms with Gasteiger partial charge < -0.3 is 10.2 Å². The molecule has 0 amide bonds. The molecule has 3 N–H and O–H groups in total. The van der Waals surface area contributed by atoms with Crippen LogP contribution in [0.5, 0.6) is 0 Å². The number of hydrazine groups is 1. The number of nitrogens with one attached hydrogen (secondary N) is 1. The van der Waals surface area contributed by atoms with Gasteiger partial charge in [0, 0.05) is 26.4 Å². The molecule has 0 saturated carbocycles. The normalized spacial score (nSPS) is 24.6. The van der Waals surface area contributed by atoms with Crippen molar-refractivity contribution in [2.75, 3.05) is 25.6 Å². The van der Waals surface area contributed by atoms with Crippen molar-refractivity contribution < 1.29 is 13.2 Å². The van der Waals surface area contributed by atoms with E-state index in [0.29, 0.717) is 18.9 Å². The molecule has 1 aliphatic heterocycles. The van der Waals surface area contributed by atoms with Gasteiger partial charge in [-0.2, -0.15) is 4.31 Å². The van der Waals surface area contributed by atoms with E-state index >= 15 is 0 Å². The maximum atomic E-state index is 12.6. The zero-order valence-corrected chi connectivity index (χ0v) is 12.5. The van der Waals surface area contributed by atoms with Crippen LogP contribution in [0.25, 0.3) is 0 Å². The van der Waals surface area contributed by atoms with Crippen LogP contribution in [0.2, 0.25) is 0 Å². The molecule has 2 rings (SSSR count). The minimum absolute atomic E-state index is 0.164. The SMILES string of the molecule is COC1(C)CCCN(S(=O)(=O)c2ccc(NN)nc2)C1. The molecule has 1 unspecified atom stereocenters. The Labute approximate surface area is 119 Å². The highest BCUT2D eigenvalue weighted by atomic mass is 32.2. The third kappa shape index (κ3) is 2.93. The van der Waals surface area contributed by atoms with Crippen LogP contribution in [-0.4, -0.2) is 43.5 Å². The third-order valence-corrected chi connectivity index (χ3v) is 5.47. The van der Waals surface area contributed by atoms with E-state index in [2.05, 4.69) is 10.4 Å². The average molecular weight is 300 g/mol. The second-order valence-electron chi connectivity index (χ2n) is 5.12. The molecule has 0 aliphatic carbocycles. The lowest BCUT2D eigenvalue weighted by atomic mass is 9.96. The van der Waals surface area contributed by atoms with E-state index in [1.165, 1.54) is 22.6 Å². The molecule has 1 atom stereocenters. The van der Waals surface area contributed by atoms with Gasteiger partial charge in [-0.1, -0.05) is 0 Å². The Kier molecular flexibility index (Phi) is 4.28. The predicted molar refractivity (Wildman–Crippen MR) is 75.5 cm³/mol. The van der Waals surface area contributed by atoms with Gasteiger partial charge >= 0.3 is 0 Å². The molecule has 8 heteroatoms. The number of nitrogens with two attached hydrogens (primary N) is 1. The minimum atomic E-state index is -3.55. The van der Waals surface area contributed by atoms with Gasteiger partial charge in [0.15, 0.2) is 0 Å². The maximum absolute atomic E-state index is 12.6. The van der Waals surface area contributed by atoms with Gasteiger partial charge in [0.05, 0.1) is 5.60 Å². The van der Waals surface area contributed by atoms with Crippen LogP contribution < -0.4 is 11.3 Å². The predicted octanol–water partition coefficient (Wildman–Crippen LogP) is 0.557. The number of hydrogen-bond acceptors (Lipinski definition) is 6. The quantitative estimate of drug-likeness (QED) is 0.623. The van der Waals surface area contributed by atoms with E-state index in [1.807, 2.05) is 6.92 Å². The Bertz CT molecular complexity index is 561. The molecule has 0 spiro atoms. The summed E-state index contributed by atoms with van der Waals surface area (Å²) in [6, 6.07) is 3.03. The fourth-order valence-corrected chi connectivity index (χ4v) is 3.84. The second kappa shape index (κ2) is 5.65. The molecule has 112 valence electrons. The van der Waals surface area contributed by atoms with Crippen molar-refractivity contribution in [1.29, 1.82) is 0 Å². The highest BCUT2D eigenvalue weighted by Crippen LogP contribution is 2.28. The van der Waals surface area contributed by atoms with E-state index in [0.717, 1.165) is 12.8 Å². The summed E-state index contributed by atoms with van der Waals surface area (Å²) in [4.78, 5) is 4.11. The van der Waals surface area contributed by atoms with E-state index in [-0.39, 0.29) is 4.90 Å². The van der Waals surface area contributed by atoms with Gasteiger partial charge in [-0.25, -0.2) is 19.2 Å². The summed E-state index contributed by atoms with van der Waals surface area (Å²) in [6.07, 6.45) is 2.94. The molecule has 2 heterocycles. The average Bonchev–Trinajstić information content (AvgIpc) is 2.47. The van der Waals surface area contributed by atoms with E-state index in [9.17, 15) is 8.42 Å². The second-order valence-corrected chi connectivity index (χ2v) is 7.06. The summed E-state index contributed by atoms with van der Waals surface area (Å²) in [5.41, 5.74) is 1.93. The van der Waals surface area contributed by atoms with Gasteiger partial charge in [-0.3, -0.25) is 0 Å². The first-order valence-electron chi connectivity index (χ1n) is 6.39. The van der Waals surface area contributed by atoms with Crippen molar-refractivity contribution in [1.82, 2.24) is 9.29 Å². The number of hydrogen-bond donors (Lipinski definition) is 2. The molecule has 1 aromatic heterocycles. The summed E-state index contributed by atoms with van der Waals surface area (Å²) in [6.45, 7) is 2.77. The number of rotatable bonds is 4. The van der Waals surface area contributed by atoms with Crippen molar-refractivity contribution in [3.05, 3.63) is 18.3 Å². The summed E-state index contributed by atoms with van der Waals surface area (Å²) in [5.74, 6) is 5.64. The molecule has 20 heavy (non-hydrogen) atoms. The van der Waals surface area contributed by atoms with Gasteiger partial charge in [-0.15, -0.1) is 0 Å². The van der Waals surface area contributed by atoms with Gasteiger partial charge in [-0.05, 0) is 31.9 Å². The number of methoxy groups -OCH3 is 1. The van der Waals surface area contributed by atoms with Crippen LogP contribution in [0, 0.1) is 0 Å². The van der Waals surface area contributed by atoms with Crippen LogP contribution in [0.15, 0.2) is 23.2 Å². The fourth-order valence-electron chi connectivity index (χ4n) is 2.30. The van der Waals surface area contributed by atoms with Gasteiger partial charge in [0.25, 0.3) is 0 Å². The topological polar surface area (TPSA) is 97.5 Å². The molecule has 0 radical (unpaired) electrons. The van der Waals surface area contributed by atoms with Gasteiger partial charge in [0.2, 0.25) is 10.0 Å². The largest absolute Gasteiger partial charge is 0.377 e. The number of anilines is 1. The van der Waals surface area contributed by atoms with Crippen LogP contribution >= 0.6 is 0 Å². The van der Waals surface area contributed by atoms with Crippen molar-refractivity contribution in [3.8, 4) is 0 Å². The molecular weight excluding hydrogens is 280 g/mol. The first kappa shape index (κ1) is 15.2. The number of nitrogens with zero attached hydrogens (tertiary/aromatic N) is 2. The lowest BCUT2D eigenvalue weighted by molar-refractivity contribution is -0.0319. The van der Waals surface area contributed by atoms with Crippen molar-refractivity contribution in [2.24, 2.45) is 5.84 Å². The molecule has 1 aliphatic rings. The Hall–Kier alpha value is -1.22. The third-order valence-electron chi connectivity index (χ3n) is 3.64. The summed E-state index contributed by atoms with van der Waals surface area (Å²) < 4.78 is 32.0. The number of sulfonamides is 1. The summed E-state index contributed by atoms with van der Waals surface area (Å²) in [7, 11) is -1.94. The van der Waals surface area contributed by atoms with Crippen LogP contribution in [0.3, 0.4) is 0 Å². The van der Waals surface area contributed by atoms with Crippen molar-refractivity contribution in [3.63, 3.8) is 0 Å². The zero-order chi connectivity index (χ0) is 14.8. The number of pyridine rings is 1. The smallest absolute Gasteiger partial charge is 0.244 e. The van der Waals surface area contributed by atoms with Crippen molar-refractivity contribution in [2.45, 2.75) is 30.3 Å². The first-order valence-corrected chi connectivity index (χ1v) is 7.83. The monoisotopic (exact) mass is 300 g/mol. The lowest BCUT2D eigenvalue weighted by Crippen LogP contribution is -2.49. The summed E-state index contributed by atoms with van der Waals surface area (Å²) >= 11 is 0. The molecule has 0 bridgehead atoms. The van der Waals surface area contributed by atoms with E-state index in [4.69, 9.17) is 10.6 Å². The van der Waals surface area contributed by atoms with E-state index < -0.39 is 15.6 Å². The van der Waals surface area contributed by atoms with Crippen LogP contribution in [0.1, 0.15) is 19.8 Å². The number of nitrogen functional groups attached to an aromatic ring is 1. The Morgan fingerprint density at radius 3 is 2.80 bits per heavy atom. The Morgan fingerprint density at radius 2 is 2.25 bits per heavy atom. The number of piperidine rings is 1. The molecule has 1 saturated heterocycles. The highest BCUT2D eigenvalue weighted by Gasteiger charge is 2.37. The maximum Gasteiger partial charge on any atom is 0.244 e. The molecule has 1 fully saturated rings. The molecular formula is C12H20N4O3S. The van der Waals surface area contributed by atoms with Crippen LogP contribution in [-0.2, 0) is 14.8 Å². The molecule has 7 nitrogen and oxygen atoms in total. The van der Waals surface area contributed by atoms with E-state index in [1.54, 1.807) is 7.11 Å². The Morgan fingerprint density at radius 1 is 1.50 bits per heavy atom. The minimum Gasteiger partial charge on any atom is -0.377 e. The lowest BCUT2D eigenvalue weighted by Gasteiger charge is -2.38. The standard InChI is InChI=1S/C12H20N4O3S/c1-12(19-2)6-3-7-16(9-12)20(17,18)10-4-5-11(15-13)14-8-10/h4-5,8H,3,6-7,9,13H2,1-2H3,(H,14,15). The number of ether oxygens (including phenoxy) is 1. The fraction of sp³-hybridized carbons (Fsp3) is 0.583. The zero-order valence-electron chi connectivity index (χ0n) is 11.7. The van der Waals surface area contributed by atoms with Crippen LogP contribution in [0.4, 0.5) is 5.82 Å². The number of aromatic nitrogens is 1.